The normalized spacial score (nSPS) is 13.9. The molecule has 0 aliphatic heterocycles. The van der Waals surface area contributed by atoms with Gasteiger partial charge in [0.1, 0.15) is 5.60 Å². The topological polar surface area (TPSA) is 78.8 Å². The Labute approximate surface area is 84.1 Å². The molecule has 5 nitrogen and oxygen atoms in total. The first-order valence-electron chi connectivity index (χ1n) is 4.62. The lowest BCUT2D eigenvalue weighted by Gasteiger charge is -2.23. The molecule has 0 aromatic carbocycles. The van der Waals surface area contributed by atoms with E-state index in [4.69, 9.17) is 14.9 Å². The highest BCUT2D eigenvalue weighted by atomic mass is 16.6. The maximum Gasteiger partial charge on any atom is 0.408 e. The quantitative estimate of drug-likeness (QED) is 0.589. The van der Waals surface area contributed by atoms with E-state index in [1.54, 1.807) is 27.7 Å². The van der Waals surface area contributed by atoms with Gasteiger partial charge in [-0.2, -0.15) is 0 Å². The number of hydrogen-bond acceptors (Lipinski definition) is 4. The Bertz CT molecular complexity index is 186. The fraction of sp³-hybridized carbons (Fsp3) is 0.889. The molecule has 0 heterocycles. The zero-order chi connectivity index (χ0) is 11.4. The fourth-order valence-electron chi connectivity index (χ4n) is 0.846. The molecule has 0 aliphatic rings. The van der Waals surface area contributed by atoms with Crippen LogP contribution in [0.3, 0.4) is 0 Å². The molecule has 0 saturated carbocycles. The number of amides is 1. The van der Waals surface area contributed by atoms with E-state index in [0.717, 1.165) is 0 Å². The van der Waals surface area contributed by atoms with Gasteiger partial charge in [-0.05, 0) is 27.2 Å². The third-order valence-corrected chi connectivity index (χ3v) is 1.50. The van der Waals surface area contributed by atoms with Crippen molar-refractivity contribution in [2.24, 2.45) is 0 Å². The van der Waals surface area contributed by atoms with Gasteiger partial charge in [0.05, 0.1) is 6.04 Å². The van der Waals surface area contributed by atoms with Gasteiger partial charge in [-0.15, -0.1) is 0 Å². The molecule has 0 rings (SSSR count). The molecule has 0 unspecified atom stereocenters. The predicted octanol–water partition coefficient (Wildman–Crippen LogP) is 0.600. The largest absolute Gasteiger partial charge is 0.444 e. The van der Waals surface area contributed by atoms with Gasteiger partial charge in [-0.3, -0.25) is 0 Å². The van der Waals surface area contributed by atoms with Gasteiger partial charge in [0.25, 0.3) is 0 Å². The molecule has 0 bridgehead atoms. The number of ether oxygens (including phenoxy) is 1. The number of aliphatic hydroxyl groups excluding tert-OH is 1. The number of hydrogen-bond donors (Lipinski definition) is 3. The minimum Gasteiger partial charge on any atom is -0.444 e. The Hall–Kier alpha value is -0.810. The highest BCUT2D eigenvalue weighted by Gasteiger charge is 2.21. The van der Waals surface area contributed by atoms with Crippen LogP contribution in [0, 0.1) is 0 Å². The van der Waals surface area contributed by atoms with Crippen molar-refractivity contribution in [3.63, 3.8) is 0 Å². The first-order chi connectivity index (χ1) is 6.26. The number of nitrogens with one attached hydrogen (secondary N) is 1. The van der Waals surface area contributed by atoms with E-state index in [0.29, 0.717) is 6.42 Å². The summed E-state index contributed by atoms with van der Waals surface area (Å²) < 4.78 is 4.95. The lowest BCUT2D eigenvalue weighted by Crippen LogP contribution is -2.45. The maximum absolute atomic E-state index is 11.2. The average molecular weight is 205 g/mol. The van der Waals surface area contributed by atoms with Crippen LogP contribution in [-0.2, 0) is 4.74 Å². The van der Waals surface area contributed by atoms with Crippen LogP contribution in [0.4, 0.5) is 4.79 Å². The van der Waals surface area contributed by atoms with Crippen molar-refractivity contribution in [3.8, 4) is 0 Å². The minimum atomic E-state index is -1.56. The van der Waals surface area contributed by atoms with Crippen LogP contribution in [0.1, 0.15) is 34.1 Å². The highest BCUT2D eigenvalue weighted by Crippen LogP contribution is 2.07. The van der Waals surface area contributed by atoms with E-state index < -0.39 is 24.0 Å². The van der Waals surface area contributed by atoms with Crippen LogP contribution in [-0.4, -0.2) is 34.2 Å². The molecular formula is C9H19NO4. The molecule has 1 amide bonds. The van der Waals surface area contributed by atoms with E-state index in [-0.39, 0.29) is 0 Å². The van der Waals surface area contributed by atoms with E-state index in [2.05, 4.69) is 5.32 Å². The molecule has 84 valence electrons. The van der Waals surface area contributed by atoms with Crippen molar-refractivity contribution in [3.05, 3.63) is 0 Å². The fourth-order valence-corrected chi connectivity index (χ4v) is 0.846. The smallest absolute Gasteiger partial charge is 0.408 e. The van der Waals surface area contributed by atoms with Crippen LogP contribution in [0.25, 0.3) is 0 Å². The molecule has 0 aromatic rings. The number of aliphatic hydroxyl groups is 2. The van der Waals surface area contributed by atoms with E-state index in [1.165, 1.54) is 0 Å². The number of carbonyl (C=O) groups excluding carboxylic acids is 1. The van der Waals surface area contributed by atoms with Crippen molar-refractivity contribution < 1.29 is 19.7 Å². The number of alkyl carbamates (subject to hydrolysis) is 1. The van der Waals surface area contributed by atoms with Crippen LogP contribution in [0.15, 0.2) is 0 Å². The van der Waals surface area contributed by atoms with Crippen LogP contribution in [0.5, 0.6) is 0 Å². The van der Waals surface area contributed by atoms with Gasteiger partial charge < -0.3 is 20.3 Å². The molecule has 5 heteroatoms. The molecular weight excluding hydrogens is 186 g/mol. The zero-order valence-electron chi connectivity index (χ0n) is 9.07. The summed E-state index contributed by atoms with van der Waals surface area (Å²) in [5, 5.41) is 20.1. The van der Waals surface area contributed by atoms with Gasteiger partial charge in [0, 0.05) is 0 Å². The second-order valence-electron chi connectivity index (χ2n) is 4.07. The van der Waals surface area contributed by atoms with Crippen LogP contribution < -0.4 is 5.32 Å². The Morgan fingerprint density at radius 3 is 2.21 bits per heavy atom. The van der Waals surface area contributed by atoms with Crippen molar-refractivity contribution >= 4 is 6.09 Å². The van der Waals surface area contributed by atoms with Gasteiger partial charge in [0.15, 0.2) is 6.29 Å². The molecule has 0 spiro atoms. The lowest BCUT2D eigenvalue weighted by molar-refractivity contribution is -0.0688. The van der Waals surface area contributed by atoms with E-state index in [9.17, 15) is 4.79 Å². The maximum atomic E-state index is 11.2. The lowest BCUT2D eigenvalue weighted by atomic mass is 10.2. The van der Waals surface area contributed by atoms with Crippen LogP contribution in [0.2, 0.25) is 0 Å². The SMILES string of the molecule is CC[C@H](NC(=O)OC(C)(C)C)C(O)O. The van der Waals surface area contributed by atoms with Crippen molar-refractivity contribution in [2.75, 3.05) is 0 Å². The molecule has 0 saturated heterocycles. The Kier molecular flexibility index (Phi) is 4.87. The third kappa shape index (κ3) is 5.77. The van der Waals surface area contributed by atoms with E-state index >= 15 is 0 Å². The molecule has 1 atom stereocenters. The summed E-state index contributed by atoms with van der Waals surface area (Å²) in [4.78, 5) is 11.2. The summed E-state index contributed by atoms with van der Waals surface area (Å²) in [5.74, 6) is 0. The molecule has 0 aliphatic carbocycles. The average Bonchev–Trinajstić information content (AvgIpc) is 1.96. The van der Waals surface area contributed by atoms with Crippen LogP contribution >= 0.6 is 0 Å². The highest BCUT2D eigenvalue weighted by molar-refractivity contribution is 5.68. The summed E-state index contributed by atoms with van der Waals surface area (Å²) in [5.41, 5.74) is -0.581. The minimum absolute atomic E-state index is 0.427. The second kappa shape index (κ2) is 5.17. The molecule has 14 heavy (non-hydrogen) atoms. The Balaban J connectivity index is 4.04. The molecule has 0 radical (unpaired) electrons. The monoisotopic (exact) mass is 205 g/mol. The molecule has 0 aromatic heterocycles. The van der Waals surface area contributed by atoms with E-state index in [1.807, 2.05) is 0 Å². The Morgan fingerprint density at radius 2 is 1.93 bits per heavy atom. The van der Waals surface area contributed by atoms with Gasteiger partial charge in [-0.25, -0.2) is 4.79 Å². The summed E-state index contributed by atoms with van der Waals surface area (Å²) in [6, 6.07) is -0.690. The summed E-state index contributed by atoms with van der Waals surface area (Å²) in [6.45, 7) is 6.95. The summed E-state index contributed by atoms with van der Waals surface area (Å²) >= 11 is 0. The number of rotatable bonds is 3. The third-order valence-electron chi connectivity index (χ3n) is 1.50. The van der Waals surface area contributed by atoms with Crippen molar-refractivity contribution in [2.45, 2.75) is 52.0 Å². The van der Waals surface area contributed by atoms with Gasteiger partial charge >= 0.3 is 6.09 Å². The summed E-state index contributed by atoms with van der Waals surface area (Å²) in [7, 11) is 0. The molecule has 0 fully saturated rings. The first-order valence-corrected chi connectivity index (χ1v) is 4.62. The van der Waals surface area contributed by atoms with Crippen molar-refractivity contribution in [1.82, 2.24) is 5.32 Å². The number of carbonyl (C=O) groups is 1. The van der Waals surface area contributed by atoms with Gasteiger partial charge in [0.2, 0.25) is 0 Å². The Morgan fingerprint density at radius 1 is 1.43 bits per heavy atom. The zero-order valence-corrected chi connectivity index (χ0v) is 9.07. The second-order valence-corrected chi connectivity index (χ2v) is 4.07. The first kappa shape index (κ1) is 13.2. The van der Waals surface area contributed by atoms with Gasteiger partial charge in [-0.1, -0.05) is 6.92 Å². The van der Waals surface area contributed by atoms with Crippen molar-refractivity contribution in [1.29, 1.82) is 0 Å². The predicted molar refractivity (Wildman–Crippen MR) is 51.7 cm³/mol. The summed E-state index contributed by atoms with van der Waals surface area (Å²) in [6.07, 6.45) is -1.78. The standard InChI is InChI=1S/C9H19NO4/c1-5-6(7(11)12)10-8(13)14-9(2,3)4/h6-7,11-12H,5H2,1-4H3,(H,10,13)/t6-/m0/s1. The molecule has 3 N–H and O–H groups in total.